The highest BCUT2D eigenvalue weighted by Gasteiger charge is 2.13. The summed E-state index contributed by atoms with van der Waals surface area (Å²) in [6, 6.07) is 7.08. The van der Waals surface area contributed by atoms with Crippen LogP contribution < -0.4 is 5.32 Å². The minimum Gasteiger partial charge on any atom is -0.310 e. The number of anilines is 1. The molecule has 0 saturated heterocycles. The number of aromatic nitrogens is 2. The Morgan fingerprint density at radius 3 is 2.84 bits per heavy atom. The highest BCUT2D eigenvalue weighted by Crippen LogP contribution is 2.19. The molecule has 0 aromatic carbocycles. The maximum Gasteiger partial charge on any atom is 0.230 e. The molecule has 0 fully saturated rings. The van der Waals surface area contributed by atoms with Crippen molar-refractivity contribution in [3.05, 3.63) is 59.0 Å². The summed E-state index contributed by atoms with van der Waals surface area (Å²) in [4.78, 5) is 22.2. The van der Waals surface area contributed by atoms with Crippen molar-refractivity contribution in [1.82, 2.24) is 14.9 Å². The molecule has 7 heteroatoms. The standard InChI is InChI=1S/C18H16ClN5O/c19-15-4-6-17(22-10-15)23-18(25)8-13-3-5-16(21-9-13)14-2-1-7-24(11-14)12-20/h2-6,9-10H,1,7-8,11H2,(H,22,23,25). The molecule has 6 nitrogen and oxygen atoms in total. The average molecular weight is 354 g/mol. The Morgan fingerprint density at radius 2 is 2.16 bits per heavy atom. The van der Waals surface area contributed by atoms with E-state index in [0.717, 1.165) is 29.8 Å². The smallest absolute Gasteiger partial charge is 0.230 e. The second kappa shape index (κ2) is 7.77. The first-order valence-electron chi connectivity index (χ1n) is 7.84. The van der Waals surface area contributed by atoms with E-state index in [0.29, 0.717) is 17.4 Å². The van der Waals surface area contributed by atoms with Crippen LogP contribution in [-0.4, -0.2) is 33.9 Å². The van der Waals surface area contributed by atoms with Crippen LogP contribution >= 0.6 is 11.6 Å². The van der Waals surface area contributed by atoms with E-state index in [1.807, 2.05) is 12.1 Å². The lowest BCUT2D eigenvalue weighted by molar-refractivity contribution is -0.115. The zero-order chi connectivity index (χ0) is 17.6. The van der Waals surface area contributed by atoms with Crippen LogP contribution in [0.25, 0.3) is 5.57 Å². The number of hydrogen-bond acceptors (Lipinski definition) is 5. The molecular formula is C18H16ClN5O. The van der Waals surface area contributed by atoms with Gasteiger partial charge in [0, 0.05) is 18.9 Å². The molecule has 2 aromatic heterocycles. The molecule has 126 valence electrons. The summed E-state index contributed by atoms with van der Waals surface area (Å²) < 4.78 is 0. The lowest BCUT2D eigenvalue weighted by Crippen LogP contribution is -2.24. The molecule has 1 amide bonds. The van der Waals surface area contributed by atoms with E-state index in [1.165, 1.54) is 6.20 Å². The number of carbonyl (C=O) groups excluding carboxylic acids is 1. The van der Waals surface area contributed by atoms with Gasteiger partial charge in [0.05, 0.1) is 23.7 Å². The second-order valence-electron chi connectivity index (χ2n) is 5.68. The van der Waals surface area contributed by atoms with Crippen molar-refractivity contribution in [2.24, 2.45) is 0 Å². The van der Waals surface area contributed by atoms with Gasteiger partial charge in [-0.2, -0.15) is 5.26 Å². The second-order valence-corrected chi connectivity index (χ2v) is 6.11. The molecule has 0 spiro atoms. The van der Waals surface area contributed by atoms with Gasteiger partial charge in [-0.05, 0) is 35.8 Å². The molecular weight excluding hydrogens is 338 g/mol. The van der Waals surface area contributed by atoms with E-state index in [4.69, 9.17) is 16.9 Å². The van der Waals surface area contributed by atoms with E-state index in [2.05, 4.69) is 27.6 Å². The van der Waals surface area contributed by atoms with Gasteiger partial charge in [-0.1, -0.05) is 23.7 Å². The normalized spacial score (nSPS) is 13.8. The highest BCUT2D eigenvalue weighted by molar-refractivity contribution is 6.30. The fraction of sp³-hybridized carbons (Fsp3) is 0.222. The number of nitriles is 1. The molecule has 25 heavy (non-hydrogen) atoms. The lowest BCUT2D eigenvalue weighted by Gasteiger charge is -2.21. The molecule has 3 heterocycles. The summed E-state index contributed by atoms with van der Waals surface area (Å²) in [5.41, 5.74) is 2.68. The van der Waals surface area contributed by atoms with Crippen molar-refractivity contribution < 1.29 is 4.79 Å². The summed E-state index contributed by atoms with van der Waals surface area (Å²) >= 11 is 5.77. The molecule has 2 aromatic rings. The van der Waals surface area contributed by atoms with Gasteiger partial charge in [0.2, 0.25) is 5.91 Å². The fourth-order valence-corrected chi connectivity index (χ4v) is 2.67. The predicted octanol–water partition coefficient (Wildman–Crippen LogP) is 2.88. The molecule has 0 radical (unpaired) electrons. The largest absolute Gasteiger partial charge is 0.310 e. The Bertz CT molecular complexity index is 824. The SMILES string of the molecule is N#CN1CCC=C(c2ccc(CC(=O)Nc3ccc(Cl)cn3)cn2)C1. The first-order chi connectivity index (χ1) is 12.1. The Balaban J connectivity index is 1.61. The molecule has 0 bridgehead atoms. The summed E-state index contributed by atoms with van der Waals surface area (Å²) in [5.74, 6) is 0.292. The lowest BCUT2D eigenvalue weighted by atomic mass is 10.1. The van der Waals surface area contributed by atoms with E-state index < -0.39 is 0 Å². The van der Waals surface area contributed by atoms with Crippen LogP contribution in [0.3, 0.4) is 0 Å². The number of amides is 1. The van der Waals surface area contributed by atoms with Gasteiger partial charge in [-0.3, -0.25) is 9.78 Å². The van der Waals surface area contributed by atoms with Crippen molar-refractivity contribution in [1.29, 1.82) is 5.26 Å². The number of carbonyl (C=O) groups is 1. The van der Waals surface area contributed by atoms with Crippen LogP contribution in [0, 0.1) is 11.5 Å². The first-order valence-corrected chi connectivity index (χ1v) is 8.22. The van der Waals surface area contributed by atoms with Crippen LogP contribution in [0.4, 0.5) is 5.82 Å². The van der Waals surface area contributed by atoms with Crippen LogP contribution in [0.15, 0.2) is 42.7 Å². The van der Waals surface area contributed by atoms with Crippen molar-refractivity contribution in [3.8, 4) is 6.19 Å². The average Bonchev–Trinajstić information content (AvgIpc) is 2.64. The molecule has 1 aliphatic rings. The number of nitrogens with one attached hydrogen (secondary N) is 1. The van der Waals surface area contributed by atoms with E-state index >= 15 is 0 Å². The van der Waals surface area contributed by atoms with Crippen LogP contribution in [0.2, 0.25) is 5.02 Å². The fourth-order valence-electron chi connectivity index (χ4n) is 2.56. The van der Waals surface area contributed by atoms with Crippen molar-refractivity contribution in [3.63, 3.8) is 0 Å². The Labute approximate surface area is 150 Å². The van der Waals surface area contributed by atoms with E-state index in [-0.39, 0.29) is 12.3 Å². The van der Waals surface area contributed by atoms with Crippen LogP contribution in [0.1, 0.15) is 17.7 Å². The number of halogens is 1. The Kier molecular flexibility index (Phi) is 5.26. The Morgan fingerprint density at radius 1 is 1.28 bits per heavy atom. The summed E-state index contributed by atoms with van der Waals surface area (Å²) in [7, 11) is 0. The van der Waals surface area contributed by atoms with E-state index in [9.17, 15) is 4.79 Å². The number of rotatable bonds is 4. The highest BCUT2D eigenvalue weighted by atomic mass is 35.5. The van der Waals surface area contributed by atoms with Gasteiger partial charge in [0.15, 0.2) is 6.19 Å². The third kappa shape index (κ3) is 4.55. The first kappa shape index (κ1) is 16.9. The summed E-state index contributed by atoms with van der Waals surface area (Å²) in [6.45, 7) is 1.32. The van der Waals surface area contributed by atoms with Crippen molar-refractivity contribution >= 4 is 28.9 Å². The van der Waals surface area contributed by atoms with Crippen molar-refractivity contribution in [2.45, 2.75) is 12.8 Å². The molecule has 0 saturated carbocycles. The Hall–Kier alpha value is -2.91. The monoisotopic (exact) mass is 353 g/mol. The topological polar surface area (TPSA) is 81.9 Å². The van der Waals surface area contributed by atoms with Gasteiger partial charge < -0.3 is 10.2 Å². The molecule has 1 N–H and O–H groups in total. The maximum atomic E-state index is 12.1. The maximum absolute atomic E-state index is 12.1. The zero-order valence-corrected chi connectivity index (χ0v) is 14.2. The molecule has 0 unspecified atom stereocenters. The molecule has 0 atom stereocenters. The summed E-state index contributed by atoms with van der Waals surface area (Å²) in [6.07, 6.45) is 8.49. The predicted molar refractivity (Wildman–Crippen MR) is 95.6 cm³/mol. The van der Waals surface area contributed by atoms with E-state index in [1.54, 1.807) is 23.2 Å². The molecule has 1 aliphatic heterocycles. The third-order valence-electron chi connectivity index (χ3n) is 3.81. The van der Waals surface area contributed by atoms with Gasteiger partial charge in [0.1, 0.15) is 5.82 Å². The number of nitrogens with zero attached hydrogens (tertiary/aromatic N) is 4. The zero-order valence-electron chi connectivity index (χ0n) is 13.4. The van der Waals surface area contributed by atoms with Gasteiger partial charge in [-0.15, -0.1) is 0 Å². The molecule has 3 rings (SSSR count). The quantitative estimate of drug-likeness (QED) is 0.855. The third-order valence-corrected chi connectivity index (χ3v) is 4.03. The van der Waals surface area contributed by atoms with Gasteiger partial charge >= 0.3 is 0 Å². The van der Waals surface area contributed by atoms with Crippen molar-refractivity contribution in [2.75, 3.05) is 18.4 Å². The van der Waals surface area contributed by atoms with Crippen LogP contribution in [-0.2, 0) is 11.2 Å². The molecule has 0 aliphatic carbocycles. The van der Waals surface area contributed by atoms with Crippen LogP contribution in [0.5, 0.6) is 0 Å². The number of hydrogen-bond donors (Lipinski definition) is 1. The summed E-state index contributed by atoms with van der Waals surface area (Å²) in [5, 5.41) is 12.2. The number of pyridine rings is 2. The minimum atomic E-state index is -0.170. The van der Waals surface area contributed by atoms with Gasteiger partial charge in [-0.25, -0.2) is 4.98 Å². The minimum absolute atomic E-state index is 0.170. The van der Waals surface area contributed by atoms with Gasteiger partial charge in [0.25, 0.3) is 0 Å².